The Morgan fingerprint density at radius 2 is 1.73 bits per heavy atom. The number of anilines is 1. The molecule has 4 rings (SSSR count). The van der Waals surface area contributed by atoms with Gasteiger partial charge in [-0.3, -0.25) is 9.52 Å². The molecule has 0 aromatic heterocycles. The molecule has 0 aliphatic carbocycles. The number of hydrogen-bond donors (Lipinski definition) is 2. The van der Waals surface area contributed by atoms with Gasteiger partial charge in [0.05, 0.1) is 11.4 Å². The number of carbonyl (C=O) groups excluding carboxylic acids is 1. The van der Waals surface area contributed by atoms with Crippen LogP contribution in [-0.4, -0.2) is 40.7 Å². The fraction of sp³-hybridized carbons (Fsp3) is 0.208. The second-order valence-corrected chi connectivity index (χ2v) is 9.09. The lowest BCUT2D eigenvalue weighted by Gasteiger charge is -2.19. The van der Waals surface area contributed by atoms with Crippen LogP contribution < -0.4 is 24.2 Å². The molecule has 0 unspecified atom stereocenters. The number of fused-ring (bicyclic) bond motifs is 1. The summed E-state index contributed by atoms with van der Waals surface area (Å²) >= 11 is 0. The molecule has 172 valence electrons. The summed E-state index contributed by atoms with van der Waals surface area (Å²) in [6.45, 7) is 3.45. The van der Waals surface area contributed by atoms with Gasteiger partial charge >= 0.3 is 0 Å². The van der Waals surface area contributed by atoms with Crippen LogP contribution in [0.3, 0.4) is 0 Å². The van der Waals surface area contributed by atoms with Crippen molar-refractivity contribution >= 4 is 21.6 Å². The van der Waals surface area contributed by atoms with Crippen LogP contribution >= 0.6 is 0 Å². The molecule has 8 nitrogen and oxygen atoms in total. The SMILES string of the molecule is Cc1cccc(OCCNC(=O)c2ccc(NS(=O)(=O)c3ccc4c(c3)OCCO4)cc2)c1. The molecule has 2 N–H and O–H groups in total. The zero-order valence-corrected chi connectivity index (χ0v) is 18.9. The van der Waals surface area contributed by atoms with E-state index in [4.69, 9.17) is 14.2 Å². The minimum Gasteiger partial charge on any atom is -0.492 e. The molecule has 0 bridgehead atoms. The van der Waals surface area contributed by atoms with E-state index in [1.165, 1.54) is 24.3 Å². The number of aryl methyl sites for hydroxylation is 1. The molecule has 0 radical (unpaired) electrons. The molecule has 1 amide bonds. The van der Waals surface area contributed by atoms with Crippen molar-refractivity contribution in [1.29, 1.82) is 0 Å². The number of carbonyl (C=O) groups is 1. The lowest BCUT2D eigenvalue weighted by molar-refractivity contribution is 0.0947. The Bertz CT molecular complexity index is 1240. The van der Waals surface area contributed by atoms with E-state index in [1.54, 1.807) is 18.2 Å². The summed E-state index contributed by atoms with van der Waals surface area (Å²) in [7, 11) is -3.83. The van der Waals surface area contributed by atoms with E-state index in [0.29, 0.717) is 49.1 Å². The van der Waals surface area contributed by atoms with Crippen molar-refractivity contribution in [3.05, 3.63) is 77.9 Å². The second kappa shape index (κ2) is 9.83. The predicted octanol–water partition coefficient (Wildman–Crippen LogP) is 3.38. The van der Waals surface area contributed by atoms with E-state index in [2.05, 4.69) is 10.0 Å². The van der Waals surface area contributed by atoms with Gasteiger partial charge in [-0.05, 0) is 61.0 Å². The fourth-order valence-corrected chi connectivity index (χ4v) is 4.31. The average Bonchev–Trinajstić information content (AvgIpc) is 2.81. The number of nitrogens with one attached hydrogen (secondary N) is 2. The van der Waals surface area contributed by atoms with E-state index >= 15 is 0 Å². The van der Waals surface area contributed by atoms with E-state index in [0.717, 1.165) is 11.3 Å². The van der Waals surface area contributed by atoms with Gasteiger partial charge in [0.25, 0.3) is 15.9 Å². The van der Waals surface area contributed by atoms with Gasteiger partial charge in [0.1, 0.15) is 25.6 Å². The summed E-state index contributed by atoms with van der Waals surface area (Å²) in [5.41, 5.74) is 1.85. The van der Waals surface area contributed by atoms with Crippen LogP contribution in [0.15, 0.2) is 71.6 Å². The second-order valence-electron chi connectivity index (χ2n) is 7.41. The topological polar surface area (TPSA) is 103 Å². The number of rotatable bonds is 8. The zero-order chi connectivity index (χ0) is 23.3. The molecule has 3 aromatic carbocycles. The highest BCUT2D eigenvalue weighted by Crippen LogP contribution is 2.32. The molecule has 1 aliphatic rings. The first-order valence-corrected chi connectivity index (χ1v) is 11.9. The molecule has 1 aliphatic heterocycles. The summed E-state index contributed by atoms with van der Waals surface area (Å²) in [4.78, 5) is 12.4. The Labute approximate surface area is 192 Å². The third-order valence-corrected chi connectivity index (χ3v) is 6.25. The average molecular weight is 469 g/mol. The molecule has 9 heteroatoms. The summed E-state index contributed by atoms with van der Waals surface area (Å²) < 4.78 is 44.4. The number of ether oxygens (including phenoxy) is 3. The van der Waals surface area contributed by atoms with Crippen LogP contribution in [0, 0.1) is 6.92 Å². The lowest BCUT2D eigenvalue weighted by atomic mass is 10.2. The Hall–Kier alpha value is -3.72. The van der Waals surface area contributed by atoms with Gasteiger partial charge in [-0.2, -0.15) is 0 Å². The maximum absolute atomic E-state index is 12.7. The monoisotopic (exact) mass is 468 g/mol. The zero-order valence-electron chi connectivity index (χ0n) is 18.0. The Morgan fingerprint density at radius 1 is 0.970 bits per heavy atom. The Balaban J connectivity index is 1.31. The number of benzene rings is 3. The number of hydrogen-bond acceptors (Lipinski definition) is 6. The summed E-state index contributed by atoms with van der Waals surface area (Å²) in [6, 6.07) is 18.3. The van der Waals surface area contributed by atoms with Crippen LogP contribution in [0.5, 0.6) is 17.2 Å². The number of sulfonamides is 1. The van der Waals surface area contributed by atoms with Gasteiger partial charge < -0.3 is 19.5 Å². The molecule has 3 aromatic rings. The maximum atomic E-state index is 12.7. The Morgan fingerprint density at radius 3 is 2.48 bits per heavy atom. The standard InChI is InChI=1S/C24H24N2O6S/c1-17-3-2-4-20(15-17)30-12-11-25-24(27)18-5-7-19(8-6-18)26-33(28,29)21-9-10-22-23(16-21)32-14-13-31-22/h2-10,15-16,26H,11-14H2,1H3,(H,25,27). The van der Waals surface area contributed by atoms with Gasteiger partial charge in [-0.25, -0.2) is 8.42 Å². The lowest BCUT2D eigenvalue weighted by Crippen LogP contribution is -2.28. The van der Waals surface area contributed by atoms with Gasteiger partial charge in [-0.1, -0.05) is 12.1 Å². The van der Waals surface area contributed by atoms with Crippen molar-refractivity contribution in [3.8, 4) is 17.2 Å². The summed E-state index contributed by atoms with van der Waals surface area (Å²) in [5, 5.41) is 2.78. The fourth-order valence-electron chi connectivity index (χ4n) is 3.24. The van der Waals surface area contributed by atoms with Crippen LogP contribution in [0.2, 0.25) is 0 Å². The highest BCUT2D eigenvalue weighted by atomic mass is 32.2. The van der Waals surface area contributed by atoms with Crippen LogP contribution in [-0.2, 0) is 10.0 Å². The first kappa shape index (κ1) is 22.5. The molecule has 0 saturated heterocycles. The van der Waals surface area contributed by atoms with Crippen molar-refractivity contribution in [2.45, 2.75) is 11.8 Å². The van der Waals surface area contributed by atoms with Crippen molar-refractivity contribution in [2.75, 3.05) is 31.1 Å². The molecule has 0 spiro atoms. The van der Waals surface area contributed by atoms with E-state index in [1.807, 2.05) is 31.2 Å². The van der Waals surface area contributed by atoms with Crippen LogP contribution in [0.1, 0.15) is 15.9 Å². The first-order valence-electron chi connectivity index (χ1n) is 10.4. The quantitative estimate of drug-likeness (QED) is 0.492. The summed E-state index contributed by atoms with van der Waals surface area (Å²) in [6.07, 6.45) is 0. The largest absolute Gasteiger partial charge is 0.492 e. The van der Waals surface area contributed by atoms with E-state index < -0.39 is 10.0 Å². The van der Waals surface area contributed by atoms with E-state index in [9.17, 15) is 13.2 Å². The Kier molecular flexibility index (Phi) is 6.69. The molecule has 0 fully saturated rings. The first-order chi connectivity index (χ1) is 15.9. The van der Waals surface area contributed by atoms with Crippen LogP contribution in [0.25, 0.3) is 0 Å². The van der Waals surface area contributed by atoms with Gasteiger partial charge in [0, 0.05) is 17.3 Å². The van der Waals surface area contributed by atoms with Gasteiger partial charge in [0.2, 0.25) is 0 Å². The van der Waals surface area contributed by atoms with E-state index in [-0.39, 0.29) is 10.8 Å². The highest BCUT2D eigenvalue weighted by Gasteiger charge is 2.19. The maximum Gasteiger partial charge on any atom is 0.262 e. The molecule has 33 heavy (non-hydrogen) atoms. The molecule has 0 atom stereocenters. The third kappa shape index (κ3) is 5.75. The van der Waals surface area contributed by atoms with Gasteiger partial charge in [-0.15, -0.1) is 0 Å². The molecular formula is C24H24N2O6S. The highest BCUT2D eigenvalue weighted by molar-refractivity contribution is 7.92. The predicted molar refractivity (Wildman–Crippen MR) is 124 cm³/mol. The molecular weight excluding hydrogens is 444 g/mol. The van der Waals surface area contributed by atoms with Gasteiger partial charge in [0.15, 0.2) is 11.5 Å². The van der Waals surface area contributed by atoms with Crippen molar-refractivity contribution in [2.24, 2.45) is 0 Å². The molecule has 0 saturated carbocycles. The minimum atomic E-state index is -3.83. The minimum absolute atomic E-state index is 0.0576. The third-order valence-electron chi connectivity index (χ3n) is 4.87. The van der Waals surface area contributed by atoms with Crippen molar-refractivity contribution in [3.63, 3.8) is 0 Å². The summed E-state index contributed by atoms with van der Waals surface area (Å²) in [5.74, 6) is 1.38. The molecule has 1 heterocycles. The normalized spacial score (nSPS) is 12.6. The number of amides is 1. The van der Waals surface area contributed by atoms with Crippen molar-refractivity contribution in [1.82, 2.24) is 5.32 Å². The smallest absolute Gasteiger partial charge is 0.262 e. The van der Waals surface area contributed by atoms with Crippen molar-refractivity contribution < 1.29 is 27.4 Å². The van der Waals surface area contributed by atoms with Crippen LogP contribution in [0.4, 0.5) is 5.69 Å².